The minimum absolute atomic E-state index is 0.0150. The second-order valence-corrected chi connectivity index (χ2v) is 4.92. The van der Waals surface area contributed by atoms with Gasteiger partial charge < -0.3 is 5.32 Å². The molecule has 0 radical (unpaired) electrons. The first-order chi connectivity index (χ1) is 9.15. The number of nitrogens with one attached hydrogen (secondary N) is 1. The van der Waals surface area contributed by atoms with Crippen molar-refractivity contribution in [1.82, 2.24) is 14.9 Å². The highest BCUT2D eigenvalue weighted by Crippen LogP contribution is 2.28. The van der Waals surface area contributed by atoms with Crippen molar-refractivity contribution in [2.45, 2.75) is 26.3 Å². The number of aryl methyl sites for hydroxylation is 1. The van der Waals surface area contributed by atoms with Crippen molar-refractivity contribution >= 4 is 11.5 Å². The third kappa shape index (κ3) is 2.96. The molecule has 0 aliphatic carbocycles. The summed E-state index contributed by atoms with van der Waals surface area (Å²) in [4.78, 5) is 0. The minimum atomic E-state index is -0.599. The molecule has 0 fully saturated rings. The minimum Gasteiger partial charge on any atom is -0.305 e. The first-order valence-electron chi connectivity index (χ1n) is 6.10. The van der Waals surface area contributed by atoms with E-state index in [1.165, 1.54) is 23.7 Å². The van der Waals surface area contributed by atoms with Gasteiger partial charge in [-0.2, -0.15) is 0 Å². The van der Waals surface area contributed by atoms with Crippen LogP contribution in [0.4, 0.5) is 8.78 Å². The molecule has 0 saturated heterocycles. The molecule has 1 unspecified atom stereocenters. The highest BCUT2D eigenvalue weighted by molar-refractivity contribution is 7.03. The zero-order valence-electron chi connectivity index (χ0n) is 10.8. The van der Waals surface area contributed by atoms with E-state index in [1.807, 2.05) is 6.92 Å². The van der Waals surface area contributed by atoms with Crippen LogP contribution in [0.3, 0.4) is 0 Å². The smallest absolute Gasteiger partial charge is 0.134 e. The Kier molecular flexibility index (Phi) is 4.55. The summed E-state index contributed by atoms with van der Waals surface area (Å²) in [6.45, 7) is 4.26. The Balaban J connectivity index is 2.46. The lowest BCUT2D eigenvalue weighted by Gasteiger charge is -2.18. The van der Waals surface area contributed by atoms with Crippen LogP contribution in [0.15, 0.2) is 17.5 Å². The molecule has 1 N–H and O–H groups in total. The molecule has 6 heteroatoms. The van der Waals surface area contributed by atoms with Crippen molar-refractivity contribution in [3.63, 3.8) is 0 Å². The number of nitrogens with zero attached hydrogens (tertiary/aromatic N) is 2. The Morgan fingerprint density at radius 2 is 2.16 bits per heavy atom. The monoisotopic (exact) mass is 283 g/mol. The van der Waals surface area contributed by atoms with E-state index < -0.39 is 17.7 Å². The van der Waals surface area contributed by atoms with E-state index in [1.54, 1.807) is 12.3 Å². The summed E-state index contributed by atoms with van der Waals surface area (Å²) in [5.74, 6) is -1.09. The van der Waals surface area contributed by atoms with Crippen LogP contribution in [0, 0.1) is 18.6 Å². The van der Waals surface area contributed by atoms with Gasteiger partial charge in [0.05, 0.1) is 11.7 Å². The van der Waals surface area contributed by atoms with E-state index in [9.17, 15) is 8.78 Å². The molecule has 1 heterocycles. The SMILES string of the molecule is CCCNC(c1csnn1)c1c(F)ccc(C)c1F. The second kappa shape index (κ2) is 6.16. The van der Waals surface area contributed by atoms with Crippen molar-refractivity contribution in [2.75, 3.05) is 6.54 Å². The first-order valence-corrected chi connectivity index (χ1v) is 6.93. The predicted molar refractivity (Wildman–Crippen MR) is 71.1 cm³/mol. The summed E-state index contributed by atoms with van der Waals surface area (Å²) in [7, 11) is 0. The van der Waals surface area contributed by atoms with E-state index in [0.29, 0.717) is 17.8 Å². The van der Waals surface area contributed by atoms with Crippen LogP contribution in [0.2, 0.25) is 0 Å². The van der Waals surface area contributed by atoms with Crippen LogP contribution in [0.25, 0.3) is 0 Å². The molecule has 0 spiro atoms. The molecular formula is C13H15F2N3S. The van der Waals surface area contributed by atoms with E-state index in [0.717, 1.165) is 6.42 Å². The van der Waals surface area contributed by atoms with Crippen molar-refractivity contribution in [2.24, 2.45) is 0 Å². The van der Waals surface area contributed by atoms with Crippen LogP contribution in [0.1, 0.15) is 36.2 Å². The van der Waals surface area contributed by atoms with Crippen molar-refractivity contribution in [1.29, 1.82) is 0 Å². The fourth-order valence-electron chi connectivity index (χ4n) is 1.88. The predicted octanol–water partition coefficient (Wildman–Crippen LogP) is 3.21. The van der Waals surface area contributed by atoms with Crippen LogP contribution in [0.5, 0.6) is 0 Å². The van der Waals surface area contributed by atoms with E-state index in [2.05, 4.69) is 14.9 Å². The van der Waals surface area contributed by atoms with Gasteiger partial charge in [-0.3, -0.25) is 0 Å². The van der Waals surface area contributed by atoms with Gasteiger partial charge in [0, 0.05) is 10.9 Å². The maximum absolute atomic E-state index is 14.2. The van der Waals surface area contributed by atoms with Crippen molar-refractivity contribution in [3.8, 4) is 0 Å². The standard InChI is InChI=1S/C13H15F2N3S/c1-3-6-16-13(10-7-19-18-17-10)11-9(14)5-4-8(2)12(11)15/h4-5,7,13,16H,3,6H2,1-2H3. The first kappa shape index (κ1) is 14.0. The Bertz CT molecular complexity index is 543. The van der Waals surface area contributed by atoms with Gasteiger partial charge in [-0.05, 0) is 43.1 Å². The number of rotatable bonds is 5. The lowest BCUT2D eigenvalue weighted by atomic mass is 10.0. The van der Waals surface area contributed by atoms with Gasteiger partial charge in [-0.1, -0.05) is 17.5 Å². The zero-order valence-corrected chi connectivity index (χ0v) is 11.6. The Hall–Kier alpha value is -1.40. The summed E-state index contributed by atoms with van der Waals surface area (Å²) >= 11 is 1.17. The number of hydrogen-bond donors (Lipinski definition) is 1. The molecule has 3 nitrogen and oxygen atoms in total. The Morgan fingerprint density at radius 3 is 2.79 bits per heavy atom. The van der Waals surface area contributed by atoms with Gasteiger partial charge in [-0.25, -0.2) is 8.78 Å². The molecule has 1 atom stereocenters. The average Bonchev–Trinajstić information content (AvgIpc) is 2.92. The lowest BCUT2D eigenvalue weighted by molar-refractivity contribution is 0.494. The molecule has 0 bridgehead atoms. The molecule has 1 aromatic carbocycles. The molecule has 102 valence electrons. The maximum atomic E-state index is 14.2. The highest BCUT2D eigenvalue weighted by atomic mass is 32.1. The van der Waals surface area contributed by atoms with Gasteiger partial charge in [0.25, 0.3) is 0 Å². The summed E-state index contributed by atoms with van der Waals surface area (Å²) in [6, 6.07) is 2.12. The molecule has 0 aliphatic rings. The molecule has 2 rings (SSSR count). The average molecular weight is 283 g/mol. The molecule has 0 saturated carbocycles. The fraction of sp³-hybridized carbons (Fsp3) is 0.385. The van der Waals surface area contributed by atoms with Gasteiger partial charge in [0.2, 0.25) is 0 Å². The Labute approximate surface area is 114 Å². The van der Waals surface area contributed by atoms with E-state index >= 15 is 0 Å². The van der Waals surface area contributed by atoms with Crippen LogP contribution < -0.4 is 5.32 Å². The summed E-state index contributed by atoms with van der Waals surface area (Å²) < 4.78 is 31.9. The number of benzene rings is 1. The van der Waals surface area contributed by atoms with E-state index in [-0.39, 0.29) is 5.56 Å². The second-order valence-electron chi connectivity index (χ2n) is 4.31. The number of hydrogen-bond acceptors (Lipinski definition) is 4. The maximum Gasteiger partial charge on any atom is 0.134 e. The number of halogens is 2. The fourth-order valence-corrected chi connectivity index (χ4v) is 2.36. The van der Waals surface area contributed by atoms with Gasteiger partial charge >= 0.3 is 0 Å². The third-order valence-corrected chi connectivity index (χ3v) is 3.40. The lowest BCUT2D eigenvalue weighted by Crippen LogP contribution is -2.25. The molecular weight excluding hydrogens is 268 g/mol. The normalized spacial score (nSPS) is 12.6. The highest BCUT2D eigenvalue weighted by Gasteiger charge is 2.24. The largest absolute Gasteiger partial charge is 0.305 e. The van der Waals surface area contributed by atoms with Gasteiger partial charge in [0.15, 0.2) is 0 Å². The van der Waals surface area contributed by atoms with Crippen molar-refractivity contribution < 1.29 is 8.78 Å². The third-order valence-electron chi connectivity index (χ3n) is 2.88. The Morgan fingerprint density at radius 1 is 1.37 bits per heavy atom. The summed E-state index contributed by atoms with van der Waals surface area (Å²) in [5, 5.41) is 8.75. The molecule has 0 amide bonds. The van der Waals surface area contributed by atoms with Crippen LogP contribution >= 0.6 is 11.5 Å². The van der Waals surface area contributed by atoms with Gasteiger partial charge in [0.1, 0.15) is 11.6 Å². The number of aromatic nitrogens is 2. The molecule has 1 aromatic heterocycles. The van der Waals surface area contributed by atoms with Gasteiger partial charge in [-0.15, -0.1) is 5.10 Å². The van der Waals surface area contributed by atoms with Crippen LogP contribution in [-0.4, -0.2) is 16.1 Å². The summed E-state index contributed by atoms with van der Waals surface area (Å²) in [5.41, 5.74) is 0.978. The molecule has 19 heavy (non-hydrogen) atoms. The van der Waals surface area contributed by atoms with E-state index in [4.69, 9.17) is 0 Å². The molecule has 2 aromatic rings. The zero-order chi connectivity index (χ0) is 13.8. The topological polar surface area (TPSA) is 37.8 Å². The van der Waals surface area contributed by atoms with Crippen molar-refractivity contribution in [3.05, 3.63) is 46.0 Å². The van der Waals surface area contributed by atoms with Crippen LogP contribution in [-0.2, 0) is 0 Å². The quantitative estimate of drug-likeness (QED) is 0.915. The molecule has 0 aliphatic heterocycles. The summed E-state index contributed by atoms with van der Waals surface area (Å²) in [6.07, 6.45) is 0.864.